The maximum absolute atomic E-state index is 4.33. The van der Waals surface area contributed by atoms with E-state index in [4.69, 9.17) is 0 Å². The van der Waals surface area contributed by atoms with E-state index in [0.717, 1.165) is 31.2 Å². The Hall–Kier alpha value is -1.84. The van der Waals surface area contributed by atoms with Crippen LogP contribution in [-0.2, 0) is 13.0 Å². The van der Waals surface area contributed by atoms with E-state index in [-0.39, 0.29) is 0 Å². The molecule has 18 heavy (non-hydrogen) atoms. The van der Waals surface area contributed by atoms with E-state index in [0.29, 0.717) is 0 Å². The van der Waals surface area contributed by atoms with Gasteiger partial charge in [-0.25, -0.2) is 4.98 Å². The summed E-state index contributed by atoms with van der Waals surface area (Å²) in [5, 5.41) is 3.36. The number of aryl methyl sites for hydroxylation is 2. The first-order valence-electron chi connectivity index (χ1n) is 6.55. The lowest BCUT2D eigenvalue weighted by Gasteiger charge is -2.09. The summed E-state index contributed by atoms with van der Waals surface area (Å²) in [4.78, 5) is 8.66. The second kappa shape index (κ2) is 6.79. The highest BCUT2D eigenvalue weighted by molar-refractivity contribution is 5.25. The Labute approximate surface area is 108 Å². The number of nitrogens with zero attached hydrogens (tertiary/aromatic N) is 3. The van der Waals surface area contributed by atoms with E-state index < -0.39 is 0 Å². The number of unbranched alkanes of at least 4 members (excludes halogenated alkanes) is 1. The molecule has 96 valence electrons. The summed E-state index contributed by atoms with van der Waals surface area (Å²) >= 11 is 0. The maximum Gasteiger partial charge on any atom is 0.202 e. The van der Waals surface area contributed by atoms with E-state index in [2.05, 4.69) is 32.8 Å². The number of nitrogens with one attached hydrogen (secondary N) is 1. The van der Waals surface area contributed by atoms with Gasteiger partial charge < -0.3 is 9.88 Å². The molecule has 0 unspecified atom stereocenters. The molecular weight excluding hydrogens is 224 g/mol. The monoisotopic (exact) mass is 244 g/mol. The van der Waals surface area contributed by atoms with Gasteiger partial charge in [-0.05, 0) is 18.6 Å². The Bertz CT molecular complexity index is 450. The average molecular weight is 244 g/mol. The number of hydrogen-bond donors (Lipinski definition) is 1. The fourth-order valence-electron chi connectivity index (χ4n) is 1.81. The Morgan fingerprint density at radius 3 is 2.94 bits per heavy atom. The zero-order chi connectivity index (χ0) is 12.6. The lowest BCUT2D eigenvalue weighted by Crippen LogP contribution is -2.10. The molecule has 2 rings (SSSR count). The van der Waals surface area contributed by atoms with Crippen molar-refractivity contribution >= 4 is 5.95 Å². The van der Waals surface area contributed by atoms with Gasteiger partial charge in [0.15, 0.2) is 0 Å². The van der Waals surface area contributed by atoms with Crippen LogP contribution in [0.1, 0.15) is 25.5 Å². The SMILES string of the molecule is CCCCNc1nccn1CCc1ccccn1. The van der Waals surface area contributed by atoms with Crippen molar-refractivity contribution in [2.45, 2.75) is 32.7 Å². The Balaban J connectivity index is 1.87. The van der Waals surface area contributed by atoms with E-state index >= 15 is 0 Å². The fourth-order valence-corrected chi connectivity index (χ4v) is 1.81. The van der Waals surface area contributed by atoms with Crippen LogP contribution >= 0.6 is 0 Å². The summed E-state index contributed by atoms with van der Waals surface area (Å²) in [6, 6.07) is 6.02. The van der Waals surface area contributed by atoms with Crippen LogP contribution in [0.4, 0.5) is 5.95 Å². The molecule has 2 aromatic heterocycles. The molecule has 0 fully saturated rings. The number of imidazole rings is 1. The summed E-state index contributed by atoms with van der Waals surface area (Å²) in [6.45, 7) is 4.08. The summed E-state index contributed by atoms with van der Waals surface area (Å²) < 4.78 is 2.14. The molecule has 0 saturated heterocycles. The molecule has 0 radical (unpaired) electrons. The molecule has 4 nitrogen and oxygen atoms in total. The van der Waals surface area contributed by atoms with Gasteiger partial charge in [-0.15, -0.1) is 0 Å². The molecule has 0 aliphatic rings. The highest BCUT2D eigenvalue weighted by atomic mass is 15.2. The zero-order valence-electron chi connectivity index (χ0n) is 10.8. The highest BCUT2D eigenvalue weighted by Gasteiger charge is 2.02. The first kappa shape index (κ1) is 12.6. The van der Waals surface area contributed by atoms with Gasteiger partial charge in [-0.1, -0.05) is 19.4 Å². The maximum atomic E-state index is 4.33. The van der Waals surface area contributed by atoms with Crippen LogP contribution in [0.25, 0.3) is 0 Å². The lowest BCUT2D eigenvalue weighted by molar-refractivity contribution is 0.685. The van der Waals surface area contributed by atoms with Crippen LogP contribution in [0.3, 0.4) is 0 Å². The normalized spacial score (nSPS) is 10.5. The van der Waals surface area contributed by atoms with Crippen molar-refractivity contribution in [3.63, 3.8) is 0 Å². The first-order chi connectivity index (χ1) is 8.90. The van der Waals surface area contributed by atoms with Crippen LogP contribution in [0.15, 0.2) is 36.8 Å². The molecule has 1 N–H and O–H groups in total. The van der Waals surface area contributed by atoms with Crippen LogP contribution in [0.5, 0.6) is 0 Å². The fraction of sp³-hybridized carbons (Fsp3) is 0.429. The van der Waals surface area contributed by atoms with E-state index in [1.54, 1.807) is 0 Å². The van der Waals surface area contributed by atoms with Crippen LogP contribution in [0.2, 0.25) is 0 Å². The van der Waals surface area contributed by atoms with Crippen molar-refractivity contribution in [2.75, 3.05) is 11.9 Å². The van der Waals surface area contributed by atoms with Crippen molar-refractivity contribution in [2.24, 2.45) is 0 Å². The summed E-state index contributed by atoms with van der Waals surface area (Å²) in [5.41, 5.74) is 1.12. The van der Waals surface area contributed by atoms with Gasteiger partial charge in [0.05, 0.1) is 0 Å². The van der Waals surface area contributed by atoms with E-state index in [1.165, 1.54) is 12.8 Å². The van der Waals surface area contributed by atoms with Gasteiger partial charge in [-0.3, -0.25) is 4.98 Å². The third kappa shape index (κ3) is 3.58. The minimum atomic E-state index is 0.908. The number of pyridine rings is 1. The first-order valence-corrected chi connectivity index (χ1v) is 6.55. The molecule has 2 heterocycles. The predicted molar refractivity (Wildman–Crippen MR) is 73.6 cm³/mol. The summed E-state index contributed by atoms with van der Waals surface area (Å²) in [6.07, 6.45) is 8.99. The molecule has 0 aromatic carbocycles. The summed E-state index contributed by atoms with van der Waals surface area (Å²) in [5.74, 6) is 0.958. The molecule has 0 aliphatic carbocycles. The van der Waals surface area contributed by atoms with Crippen LogP contribution in [0, 0.1) is 0 Å². The Morgan fingerprint density at radius 1 is 1.22 bits per heavy atom. The molecule has 0 saturated carbocycles. The van der Waals surface area contributed by atoms with Crippen molar-refractivity contribution in [3.05, 3.63) is 42.5 Å². The third-order valence-corrected chi connectivity index (χ3v) is 2.86. The second-order valence-electron chi connectivity index (χ2n) is 4.30. The molecule has 2 aromatic rings. The quantitative estimate of drug-likeness (QED) is 0.761. The van der Waals surface area contributed by atoms with Gasteiger partial charge in [-0.2, -0.15) is 0 Å². The Kier molecular flexibility index (Phi) is 4.76. The minimum Gasteiger partial charge on any atom is -0.356 e. The molecule has 0 spiro atoms. The van der Waals surface area contributed by atoms with Crippen molar-refractivity contribution < 1.29 is 0 Å². The van der Waals surface area contributed by atoms with Gasteiger partial charge in [0.25, 0.3) is 0 Å². The van der Waals surface area contributed by atoms with Gasteiger partial charge in [0.2, 0.25) is 5.95 Å². The van der Waals surface area contributed by atoms with Crippen LogP contribution < -0.4 is 5.32 Å². The second-order valence-corrected chi connectivity index (χ2v) is 4.30. The number of anilines is 1. The van der Waals surface area contributed by atoms with Crippen molar-refractivity contribution in [1.29, 1.82) is 0 Å². The predicted octanol–water partition coefficient (Wildman–Crippen LogP) is 2.73. The lowest BCUT2D eigenvalue weighted by atomic mass is 10.3. The number of aromatic nitrogens is 3. The topological polar surface area (TPSA) is 42.7 Å². The summed E-state index contributed by atoms with van der Waals surface area (Å²) in [7, 11) is 0. The standard InChI is InChI=1S/C14H20N4/c1-2-3-8-16-14-17-10-12-18(14)11-7-13-6-4-5-9-15-13/h4-6,9-10,12H,2-3,7-8,11H2,1H3,(H,16,17). The average Bonchev–Trinajstić information content (AvgIpc) is 2.86. The van der Waals surface area contributed by atoms with Crippen molar-refractivity contribution in [1.82, 2.24) is 14.5 Å². The third-order valence-electron chi connectivity index (χ3n) is 2.86. The number of rotatable bonds is 7. The molecule has 0 aliphatic heterocycles. The largest absolute Gasteiger partial charge is 0.356 e. The number of hydrogen-bond acceptors (Lipinski definition) is 3. The molecule has 0 amide bonds. The smallest absolute Gasteiger partial charge is 0.202 e. The molecular formula is C14H20N4. The molecule has 4 heteroatoms. The highest BCUT2D eigenvalue weighted by Crippen LogP contribution is 2.06. The molecule has 0 bridgehead atoms. The minimum absolute atomic E-state index is 0.908. The van der Waals surface area contributed by atoms with Crippen molar-refractivity contribution in [3.8, 4) is 0 Å². The van der Waals surface area contributed by atoms with Gasteiger partial charge in [0.1, 0.15) is 0 Å². The van der Waals surface area contributed by atoms with Crippen LogP contribution in [-0.4, -0.2) is 21.1 Å². The van der Waals surface area contributed by atoms with Gasteiger partial charge in [0, 0.05) is 43.8 Å². The molecule has 0 atom stereocenters. The van der Waals surface area contributed by atoms with Gasteiger partial charge >= 0.3 is 0 Å². The Morgan fingerprint density at radius 2 is 2.17 bits per heavy atom. The van der Waals surface area contributed by atoms with E-state index in [9.17, 15) is 0 Å². The van der Waals surface area contributed by atoms with E-state index in [1.807, 2.05) is 30.7 Å². The zero-order valence-corrected chi connectivity index (χ0v) is 10.8.